The molecule has 3 N–H and O–H groups in total. The average Bonchev–Trinajstić information content (AvgIpc) is 2.84. The Morgan fingerprint density at radius 1 is 1.42 bits per heavy atom. The van der Waals surface area contributed by atoms with Gasteiger partial charge in [0, 0.05) is 19.1 Å². The Hall–Kier alpha value is -0.920. The summed E-state index contributed by atoms with van der Waals surface area (Å²) in [5.74, 6) is 0. The maximum absolute atomic E-state index is 12.7. The predicted molar refractivity (Wildman–Crippen MR) is 73.1 cm³/mol. The molecule has 1 aromatic heterocycles. The number of hydrogen-bond donors (Lipinski definition) is 2. The van der Waals surface area contributed by atoms with Crippen LogP contribution in [-0.2, 0) is 10.0 Å². The molecule has 1 aliphatic carbocycles. The Balaban J connectivity index is 2.29. The zero-order chi connectivity index (χ0) is 13.9. The van der Waals surface area contributed by atoms with Crippen LogP contribution in [0.1, 0.15) is 37.8 Å². The quantitative estimate of drug-likeness (QED) is 0.844. The van der Waals surface area contributed by atoms with Gasteiger partial charge in [0.05, 0.1) is 11.9 Å². The fraction of sp³-hybridized carbons (Fsp3) is 0.750. The summed E-state index contributed by atoms with van der Waals surface area (Å²) in [6.45, 7) is 2.44. The van der Waals surface area contributed by atoms with Crippen LogP contribution in [0.15, 0.2) is 11.1 Å². The molecule has 0 unspecified atom stereocenters. The SMILES string of the molecule is Cc1[nH]ncc1S(=O)(=O)N(CCN)C1CCCCC1. The minimum atomic E-state index is -3.49. The topological polar surface area (TPSA) is 92.1 Å². The van der Waals surface area contributed by atoms with E-state index in [-0.39, 0.29) is 10.9 Å². The maximum atomic E-state index is 12.7. The molecule has 2 rings (SSSR count). The number of aromatic amines is 1. The third kappa shape index (κ3) is 2.98. The van der Waals surface area contributed by atoms with Crippen LogP contribution in [0.3, 0.4) is 0 Å². The Kier molecular flexibility index (Phi) is 4.59. The first kappa shape index (κ1) is 14.5. The number of aromatic nitrogens is 2. The molecule has 7 heteroatoms. The van der Waals surface area contributed by atoms with E-state index in [4.69, 9.17) is 5.73 Å². The van der Waals surface area contributed by atoms with E-state index in [0.717, 1.165) is 25.7 Å². The summed E-state index contributed by atoms with van der Waals surface area (Å²) in [6, 6.07) is 0.0802. The number of aryl methyl sites for hydroxylation is 1. The molecular weight excluding hydrogens is 264 g/mol. The summed E-state index contributed by atoms with van der Waals surface area (Å²) in [4.78, 5) is 0.270. The number of nitrogens with two attached hydrogens (primary N) is 1. The second kappa shape index (κ2) is 6.02. The highest BCUT2D eigenvalue weighted by atomic mass is 32.2. The lowest BCUT2D eigenvalue weighted by Gasteiger charge is -2.33. The predicted octanol–water partition coefficient (Wildman–Crippen LogP) is 1.00. The third-order valence-corrected chi connectivity index (χ3v) is 5.77. The van der Waals surface area contributed by atoms with E-state index in [1.165, 1.54) is 12.6 Å². The van der Waals surface area contributed by atoms with Crippen LogP contribution in [-0.4, -0.2) is 42.1 Å². The van der Waals surface area contributed by atoms with Crippen molar-refractivity contribution in [1.82, 2.24) is 14.5 Å². The number of nitrogens with zero attached hydrogens (tertiary/aromatic N) is 2. The van der Waals surface area contributed by atoms with Crippen LogP contribution < -0.4 is 5.73 Å². The van der Waals surface area contributed by atoms with E-state index in [2.05, 4.69) is 10.2 Å². The van der Waals surface area contributed by atoms with E-state index < -0.39 is 10.0 Å². The summed E-state index contributed by atoms with van der Waals surface area (Å²) in [7, 11) is -3.49. The van der Waals surface area contributed by atoms with Gasteiger partial charge in [-0.05, 0) is 19.8 Å². The zero-order valence-electron chi connectivity index (χ0n) is 11.3. The van der Waals surface area contributed by atoms with Crippen molar-refractivity contribution < 1.29 is 8.42 Å². The molecule has 0 bridgehead atoms. The smallest absolute Gasteiger partial charge is 0.246 e. The number of sulfonamides is 1. The van der Waals surface area contributed by atoms with E-state index in [1.54, 1.807) is 11.2 Å². The first-order valence-corrected chi connectivity index (χ1v) is 8.23. The molecule has 0 atom stereocenters. The maximum Gasteiger partial charge on any atom is 0.246 e. The standard InChI is InChI=1S/C12H22N4O2S/c1-10-12(9-14-15-10)19(17,18)16(8-7-13)11-5-3-2-4-6-11/h9,11H,2-8,13H2,1H3,(H,14,15). The van der Waals surface area contributed by atoms with E-state index in [9.17, 15) is 8.42 Å². The first-order chi connectivity index (χ1) is 9.07. The third-order valence-electron chi connectivity index (χ3n) is 3.70. The molecule has 0 radical (unpaired) electrons. The lowest BCUT2D eigenvalue weighted by Crippen LogP contribution is -2.44. The van der Waals surface area contributed by atoms with Gasteiger partial charge in [0.2, 0.25) is 10.0 Å². The molecular formula is C12H22N4O2S. The van der Waals surface area contributed by atoms with E-state index in [1.807, 2.05) is 0 Å². The average molecular weight is 286 g/mol. The molecule has 0 aromatic carbocycles. The molecule has 6 nitrogen and oxygen atoms in total. The van der Waals surface area contributed by atoms with Gasteiger partial charge in [0.15, 0.2) is 0 Å². The molecule has 0 aliphatic heterocycles. The minimum Gasteiger partial charge on any atom is -0.329 e. The van der Waals surface area contributed by atoms with Gasteiger partial charge in [-0.15, -0.1) is 0 Å². The molecule has 0 saturated heterocycles. The van der Waals surface area contributed by atoms with Gasteiger partial charge in [0.1, 0.15) is 4.90 Å². The van der Waals surface area contributed by atoms with Crippen molar-refractivity contribution >= 4 is 10.0 Å². The largest absolute Gasteiger partial charge is 0.329 e. The van der Waals surface area contributed by atoms with Gasteiger partial charge < -0.3 is 5.73 Å². The molecule has 1 saturated carbocycles. The highest BCUT2D eigenvalue weighted by molar-refractivity contribution is 7.89. The van der Waals surface area contributed by atoms with Gasteiger partial charge in [-0.25, -0.2) is 8.42 Å². The van der Waals surface area contributed by atoms with Crippen LogP contribution in [0.2, 0.25) is 0 Å². The molecule has 0 spiro atoms. The van der Waals surface area contributed by atoms with Gasteiger partial charge >= 0.3 is 0 Å². The highest BCUT2D eigenvalue weighted by Crippen LogP contribution is 2.28. The first-order valence-electron chi connectivity index (χ1n) is 6.79. The lowest BCUT2D eigenvalue weighted by molar-refractivity contribution is 0.257. The monoisotopic (exact) mass is 286 g/mol. The van der Waals surface area contributed by atoms with Gasteiger partial charge in [-0.1, -0.05) is 19.3 Å². The Morgan fingerprint density at radius 3 is 2.63 bits per heavy atom. The van der Waals surface area contributed by atoms with Gasteiger partial charge in [0.25, 0.3) is 0 Å². The minimum absolute atomic E-state index is 0.0802. The van der Waals surface area contributed by atoms with Crippen LogP contribution >= 0.6 is 0 Å². The summed E-state index contributed by atoms with van der Waals surface area (Å²) >= 11 is 0. The summed E-state index contributed by atoms with van der Waals surface area (Å²) < 4.78 is 27.0. The second-order valence-corrected chi connectivity index (χ2v) is 6.91. The Morgan fingerprint density at radius 2 is 2.11 bits per heavy atom. The van der Waals surface area contributed by atoms with Crippen molar-refractivity contribution in [2.45, 2.75) is 50.0 Å². The van der Waals surface area contributed by atoms with Crippen molar-refractivity contribution in [1.29, 1.82) is 0 Å². The van der Waals surface area contributed by atoms with E-state index in [0.29, 0.717) is 18.8 Å². The fourth-order valence-corrected chi connectivity index (χ4v) is 4.54. The lowest BCUT2D eigenvalue weighted by atomic mass is 9.95. The van der Waals surface area contributed by atoms with Crippen LogP contribution in [0, 0.1) is 6.92 Å². The Labute approximate surface area is 114 Å². The summed E-state index contributed by atoms with van der Waals surface area (Å²) in [5, 5.41) is 6.50. The molecule has 108 valence electrons. The zero-order valence-corrected chi connectivity index (χ0v) is 12.1. The van der Waals surface area contributed by atoms with E-state index >= 15 is 0 Å². The molecule has 1 aromatic rings. The highest BCUT2D eigenvalue weighted by Gasteiger charge is 2.33. The van der Waals surface area contributed by atoms with Crippen molar-refractivity contribution in [3.8, 4) is 0 Å². The summed E-state index contributed by atoms with van der Waals surface area (Å²) in [6.07, 6.45) is 6.61. The molecule has 19 heavy (non-hydrogen) atoms. The number of H-pyrrole nitrogens is 1. The molecule has 0 amide bonds. The van der Waals surface area contributed by atoms with Crippen molar-refractivity contribution in [3.05, 3.63) is 11.9 Å². The molecule has 1 fully saturated rings. The molecule has 1 heterocycles. The second-order valence-electron chi connectivity index (χ2n) is 5.06. The van der Waals surface area contributed by atoms with Gasteiger partial charge in [-0.2, -0.15) is 9.40 Å². The number of rotatable bonds is 5. The molecule has 1 aliphatic rings. The van der Waals surface area contributed by atoms with Crippen molar-refractivity contribution in [3.63, 3.8) is 0 Å². The normalized spacial score (nSPS) is 18.1. The van der Waals surface area contributed by atoms with Gasteiger partial charge in [-0.3, -0.25) is 5.10 Å². The van der Waals surface area contributed by atoms with Crippen molar-refractivity contribution in [2.75, 3.05) is 13.1 Å². The van der Waals surface area contributed by atoms with Crippen LogP contribution in [0.25, 0.3) is 0 Å². The van der Waals surface area contributed by atoms with Crippen LogP contribution in [0.5, 0.6) is 0 Å². The number of hydrogen-bond acceptors (Lipinski definition) is 4. The van der Waals surface area contributed by atoms with Crippen molar-refractivity contribution in [2.24, 2.45) is 5.73 Å². The Bertz CT molecular complexity index is 506. The van der Waals surface area contributed by atoms with Crippen LogP contribution in [0.4, 0.5) is 0 Å². The number of nitrogens with one attached hydrogen (secondary N) is 1. The fourth-order valence-electron chi connectivity index (χ4n) is 2.72. The summed E-state index contributed by atoms with van der Waals surface area (Å²) in [5.41, 5.74) is 6.18.